The molecule has 1 aromatic rings. The van der Waals surface area contributed by atoms with Gasteiger partial charge in [-0.05, 0) is 25.0 Å². The predicted octanol–water partition coefficient (Wildman–Crippen LogP) is 4.15. The van der Waals surface area contributed by atoms with Gasteiger partial charge in [-0.2, -0.15) is 13.2 Å². The summed E-state index contributed by atoms with van der Waals surface area (Å²) in [7, 11) is 0. The summed E-state index contributed by atoms with van der Waals surface area (Å²) in [5.74, 6) is -0.817. The number of hydrogen-bond acceptors (Lipinski definition) is 2. The van der Waals surface area contributed by atoms with E-state index >= 15 is 0 Å². The quantitative estimate of drug-likeness (QED) is 0.707. The fraction of sp³-hybridized carbons (Fsp3) is 0.500. The molecule has 0 saturated carbocycles. The maximum absolute atomic E-state index is 12.7. The lowest BCUT2D eigenvalue weighted by Gasteiger charge is -2.14. The summed E-state index contributed by atoms with van der Waals surface area (Å²) in [6.07, 6.45) is -1.32. The average Bonchev–Trinajstić information content (AvgIpc) is 2.36. The van der Waals surface area contributed by atoms with Crippen LogP contribution in [0, 0.1) is 0 Å². The first-order valence-electron chi connectivity index (χ1n) is 6.53. The summed E-state index contributed by atoms with van der Waals surface area (Å²) in [4.78, 5) is 10.3. The SMILES string of the molecule is O=C(O)CCCCCCNc1ccccc1C(F)(F)F. The second-order valence-corrected chi connectivity index (χ2v) is 4.53. The number of unbranched alkanes of at least 4 members (excludes halogenated alkanes) is 3. The van der Waals surface area contributed by atoms with E-state index in [0.29, 0.717) is 19.4 Å². The van der Waals surface area contributed by atoms with Crippen LogP contribution in [0.3, 0.4) is 0 Å². The topological polar surface area (TPSA) is 49.3 Å². The lowest BCUT2D eigenvalue weighted by Crippen LogP contribution is -2.11. The van der Waals surface area contributed by atoms with Crippen molar-refractivity contribution in [3.8, 4) is 0 Å². The van der Waals surface area contributed by atoms with E-state index in [4.69, 9.17) is 5.11 Å². The van der Waals surface area contributed by atoms with Crippen LogP contribution in [0.5, 0.6) is 0 Å². The monoisotopic (exact) mass is 289 g/mol. The number of aliphatic carboxylic acids is 1. The number of alkyl halides is 3. The van der Waals surface area contributed by atoms with E-state index in [2.05, 4.69) is 5.32 Å². The Hall–Kier alpha value is -1.72. The van der Waals surface area contributed by atoms with E-state index in [9.17, 15) is 18.0 Å². The summed E-state index contributed by atoms with van der Waals surface area (Å²) in [6.45, 7) is 0.445. The van der Waals surface area contributed by atoms with Crippen molar-refractivity contribution in [2.75, 3.05) is 11.9 Å². The number of anilines is 1. The Kier molecular flexibility index (Phi) is 6.35. The van der Waals surface area contributed by atoms with E-state index in [1.165, 1.54) is 12.1 Å². The highest BCUT2D eigenvalue weighted by Gasteiger charge is 2.32. The predicted molar refractivity (Wildman–Crippen MR) is 70.7 cm³/mol. The second-order valence-electron chi connectivity index (χ2n) is 4.53. The maximum atomic E-state index is 12.7. The van der Waals surface area contributed by atoms with E-state index in [1.54, 1.807) is 6.07 Å². The number of nitrogens with one attached hydrogen (secondary N) is 1. The molecule has 0 saturated heterocycles. The number of halogens is 3. The first-order chi connectivity index (χ1) is 9.41. The minimum atomic E-state index is -4.36. The molecule has 0 bridgehead atoms. The molecule has 0 fully saturated rings. The van der Waals surface area contributed by atoms with E-state index < -0.39 is 17.7 Å². The molecule has 1 aromatic carbocycles. The molecule has 0 heterocycles. The molecule has 20 heavy (non-hydrogen) atoms. The van der Waals surface area contributed by atoms with Crippen LogP contribution >= 0.6 is 0 Å². The number of carbonyl (C=O) groups is 1. The van der Waals surface area contributed by atoms with Crippen molar-refractivity contribution in [1.82, 2.24) is 0 Å². The Morgan fingerprint density at radius 2 is 1.75 bits per heavy atom. The van der Waals surface area contributed by atoms with Crippen molar-refractivity contribution in [3.05, 3.63) is 29.8 Å². The Labute approximate surface area is 115 Å². The highest BCUT2D eigenvalue weighted by molar-refractivity contribution is 5.66. The van der Waals surface area contributed by atoms with Crippen LogP contribution in [0.4, 0.5) is 18.9 Å². The molecular weight excluding hydrogens is 271 g/mol. The fourth-order valence-corrected chi connectivity index (χ4v) is 1.86. The zero-order valence-corrected chi connectivity index (χ0v) is 11.0. The first-order valence-corrected chi connectivity index (χ1v) is 6.53. The van der Waals surface area contributed by atoms with E-state index in [1.807, 2.05) is 0 Å². The van der Waals surface area contributed by atoms with Gasteiger partial charge in [0.25, 0.3) is 0 Å². The second kappa shape index (κ2) is 7.77. The van der Waals surface area contributed by atoms with Crippen molar-refractivity contribution in [1.29, 1.82) is 0 Å². The smallest absolute Gasteiger partial charge is 0.418 e. The Bertz CT molecular complexity index is 433. The molecule has 0 aromatic heterocycles. The Morgan fingerprint density at radius 3 is 2.40 bits per heavy atom. The van der Waals surface area contributed by atoms with Gasteiger partial charge in [0, 0.05) is 18.7 Å². The van der Waals surface area contributed by atoms with Gasteiger partial charge in [0.15, 0.2) is 0 Å². The Balaban J connectivity index is 2.31. The van der Waals surface area contributed by atoms with Gasteiger partial charge in [-0.3, -0.25) is 4.79 Å². The number of rotatable bonds is 8. The minimum Gasteiger partial charge on any atom is -0.481 e. The van der Waals surface area contributed by atoms with E-state index in [-0.39, 0.29) is 12.1 Å². The minimum absolute atomic E-state index is 0.0885. The maximum Gasteiger partial charge on any atom is 0.418 e. The van der Waals surface area contributed by atoms with Crippen molar-refractivity contribution < 1.29 is 23.1 Å². The number of carboxylic acids is 1. The lowest BCUT2D eigenvalue weighted by molar-refractivity contribution is -0.138. The third-order valence-corrected chi connectivity index (χ3v) is 2.87. The summed E-state index contributed by atoms with van der Waals surface area (Å²) >= 11 is 0. The van der Waals surface area contributed by atoms with Crippen LogP contribution in [-0.2, 0) is 11.0 Å². The van der Waals surface area contributed by atoms with E-state index in [0.717, 1.165) is 18.9 Å². The molecule has 0 aliphatic carbocycles. The number of carboxylic acid groups (broad SMARTS) is 1. The summed E-state index contributed by atoms with van der Waals surface area (Å²) in [6, 6.07) is 5.38. The lowest BCUT2D eigenvalue weighted by atomic mass is 10.1. The molecule has 0 spiro atoms. The molecule has 0 amide bonds. The number of hydrogen-bond donors (Lipinski definition) is 2. The van der Waals surface area contributed by atoms with Crippen LogP contribution < -0.4 is 5.32 Å². The van der Waals surface area contributed by atoms with Gasteiger partial charge in [0.1, 0.15) is 0 Å². The van der Waals surface area contributed by atoms with Crippen LogP contribution in [0.1, 0.15) is 37.7 Å². The zero-order chi connectivity index (χ0) is 15.0. The molecular formula is C14H18F3NO2. The molecule has 3 nitrogen and oxygen atoms in total. The molecule has 0 radical (unpaired) electrons. The van der Waals surface area contributed by atoms with Gasteiger partial charge >= 0.3 is 12.1 Å². The molecule has 2 N–H and O–H groups in total. The largest absolute Gasteiger partial charge is 0.481 e. The number of benzene rings is 1. The number of para-hydroxylation sites is 1. The molecule has 112 valence electrons. The highest BCUT2D eigenvalue weighted by Crippen LogP contribution is 2.34. The zero-order valence-electron chi connectivity index (χ0n) is 11.0. The van der Waals surface area contributed by atoms with Gasteiger partial charge < -0.3 is 10.4 Å². The molecule has 1 rings (SSSR count). The van der Waals surface area contributed by atoms with Gasteiger partial charge in [-0.25, -0.2) is 0 Å². The molecule has 0 atom stereocenters. The summed E-state index contributed by atoms with van der Waals surface area (Å²) < 4.78 is 38.1. The van der Waals surface area contributed by atoms with Gasteiger partial charge in [0.05, 0.1) is 5.56 Å². The highest BCUT2D eigenvalue weighted by atomic mass is 19.4. The van der Waals surface area contributed by atoms with Crippen LogP contribution in [0.15, 0.2) is 24.3 Å². The van der Waals surface area contributed by atoms with Crippen LogP contribution in [-0.4, -0.2) is 17.6 Å². The van der Waals surface area contributed by atoms with Gasteiger partial charge in [-0.1, -0.05) is 25.0 Å². The Morgan fingerprint density at radius 1 is 1.10 bits per heavy atom. The van der Waals surface area contributed by atoms with Crippen LogP contribution in [0.25, 0.3) is 0 Å². The average molecular weight is 289 g/mol. The summed E-state index contributed by atoms with van der Waals surface area (Å²) in [5.41, 5.74) is -0.573. The van der Waals surface area contributed by atoms with Crippen LogP contribution in [0.2, 0.25) is 0 Å². The molecule has 6 heteroatoms. The fourth-order valence-electron chi connectivity index (χ4n) is 1.86. The van der Waals surface area contributed by atoms with Crippen molar-refractivity contribution in [3.63, 3.8) is 0 Å². The van der Waals surface area contributed by atoms with Crippen molar-refractivity contribution >= 4 is 11.7 Å². The van der Waals surface area contributed by atoms with Gasteiger partial charge in [-0.15, -0.1) is 0 Å². The molecule has 0 unspecified atom stereocenters. The third-order valence-electron chi connectivity index (χ3n) is 2.87. The summed E-state index contributed by atoms with van der Waals surface area (Å²) in [5, 5.41) is 11.2. The third kappa shape index (κ3) is 5.95. The normalized spacial score (nSPS) is 11.3. The van der Waals surface area contributed by atoms with Crippen molar-refractivity contribution in [2.24, 2.45) is 0 Å². The molecule has 0 aliphatic heterocycles. The first kappa shape index (κ1) is 16.3. The standard InChI is InChI=1S/C14H18F3NO2/c15-14(16,17)11-7-4-5-8-12(11)18-10-6-2-1-3-9-13(19)20/h4-5,7-8,18H,1-3,6,9-10H2,(H,19,20). The van der Waals surface area contributed by atoms with Gasteiger partial charge in [0.2, 0.25) is 0 Å². The van der Waals surface area contributed by atoms with Crippen molar-refractivity contribution in [2.45, 2.75) is 38.3 Å². The molecule has 0 aliphatic rings.